The molecule has 0 aliphatic rings. The van der Waals surface area contributed by atoms with E-state index >= 15 is 0 Å². The molecule has 0 unspecified atom stereocenters. The Labute approximate surface area is 120 Å². The van der Waals surface area contributed by atoms with Gasteiger partial charge in [0.1, 0.15) is 0 Å². The summed E-state index contributed by atoms with van der Waals surface area (Å²) in [4.78, 5) is 4.60. The summed E-state index contributed by atoms with van der Waals surface area (Å²) in [6, 6.07) is 9.77. The van der Waals surface area contributed by atoms with E-state index < -0.39 is 0 Å². The molecule has 17 heavy (non-hydrogen) atoms. The molecule has 0 bridgehead atoms. The Bertz CT molecular complexity index is 693. The van der Waals surface area contributed by atoms with Crippen LogP contribution >= 0.6 is 11.6 Å². The third kappa shape index (κ3) is 2.09. The van der Waals surface area contributed by atoms with E-state index in [0.29, 0.717) is 26.1 Å². The zero-order chi connectivity index (χ0) is 11.8. The fourth-order valence-corrected chi connectivity index (χ4v) is 2.90. The van der Waals surface area contributed by atoms with Crippen LogP contribution in [0.2, 0.25) is 5.02 Å². The Balaban J connectivity index is 2.25. The van der Waals surface area contributed by atoms with Crippen LogP contribution in [0.25, 0.3) is 22.2 Å². The van der Waals surface area contributed by atoms with E-state index in [2.05, 4.69) is 10.1 Å². The molecular weight excluding hydrogens is 426 g/mol. The van der Waals surface area contributed by atoms with Crippen molar-refractivity contribution in [1.29, 1.82) is 0 Å². The molecule has 0 saturated carbocycles. The van der Waals surface area contributed by atoms with Crippen LogP contribution in [0.3, 0.4) is 0 Å². The van der Waals surface area contributed by atoms with E-state index in [-0.39, 0.29) is 0 Å². The maximum absolute atomic E-state index is 6.26. The van der Waals surface area contributed by atoms with Crippen molar-refractivity contribution in [3.05, 3.63) is 47.7 Å². The zero-order valence-electron chi connectivity index (χ0n) is 8.84. The molecule has 0 spiro atoms. The summed E-state index contributed by atoms with van der Waals surface area (Å²) < 4.78 is 1.92. The van der Waals surface area contributed by atoms with Crippen molar-refractivity contribution in [2.75, 3.05) is 0 Å². The topological polar surface area (TPSA) is 30.7 Å². The maximum atomic E-state index is 6.26. The van der Waals surface area contributed by atoms with E-state index in [1.54, 1.807) is 0 Å². The quantitative estimate of drug-likeness (QED) is 0.553. The summed E-state index contributed by atoms with van der Waals surface area (Å²) in [6.07, 6.45) is 3.82. The molecule has 0 radical (unpaired) electrons. The molecule has 0 aliphatic carbocycles. The summed E-state index contributed by atoms with van der Waals surface area (Å²) in [7, 11) is 0. The van der Waals surface area contributed by atoms with Crippen LogP contribution in [-0.4, -0.2) is 38.6 Å². The molecule has 3 aromatic rings. The van der Waals surface area contributed by atoms with Gasteiger partial charge in [0.25, 0.3) is 0 Å². The van der Waals surface area contributed by atoms with Crippen LogP contribution in [0.1, 0.15) is 0 Å². The van der Waals surface area contributed by atoms with E-state index in [9.17, 15) is 0 Å². The number of hydrogen-bond donors (Lipinski definition) is 0. The minimum absolute atomic E-state index is 0.671. The summed E-state index contributed by atoms with van der Waals surface area (Å²) in [5.74, 6) is 0. The molecule has 80 valence electrons. The van der Waals surface area contributed by atoms with Crippen molar-refractivity contribution < 1.29 is 0 Å². The van der Waals surface area contributed by atoms with Gasteiger partial charge in [-0.05, 0) is 0 Å². The van der Waals surface area contributed by atoms with Crippen LogP contribution in [-0.2, 0) is 0 Å². The Morgan fingerprint density at radius 1 is 1.24 bits per heavy atom. The molecular formula is C12H7ClN3Tl. The second-order valence-electron chi connectivity index (χ2n) is 3.72. The number of para-hydroxylation sites is 1. The predicted octanol–water partition coefficient (Wildman–Crippen LogP) is 2.68. The Hall–Kier alpha value is -0.948. The molecule has 2 aromatic heterocycles. The second kappa shape index (κ2) is 4.38. The number of fused-ring (bicyclic) bond motifs is 1. The van der Waals surface area contributed by atoms with Crippen LogP contribution < -0.4 is 0 Å². The molecule has 1 aromatic carbocycles. The van der Waals surface area contributed by atoms with Gasteiger partial charge in [0, 0.05) is 0 Å². The third-order valence-corrected chi connectivity index (χ3v) is 3.97. The van der Waals surface area contributed by atoms with Gasteiger partial charge in [-0.2, -0.15) is 0 Å². The van der Waals surface area contributed by atoms with Gasteiger partial charge < -0.3 is 0 Å². The number of hydrogen-bond acceptors (Lipinski definition) is 2. The Morgan fingerprint density at radius 3 is 2.82 bits per heavy atom. The first-order valence-corrected chi connectivity index (χ1v) is 7.48. The zero-order valence-corrected chi connectivity index (χ0v) is 14.1. The number of benzene rings is 1. The molecule has 0 fully saturated rings. The normalized spacial score (nSPS) is 10.8. The minimum atomic E-state index is 0.671. The monoisotopic (exact) mass is 433 g/mol. The molecule has 0 aliphatic heterocycles. The van der Waals surface area contributed by atoms with Crippen LogP contribution in [0, 0.1) is 0 Å². The van der Waals surface area contributed by atoms with Gasteiger partial charge in [0.15, 0.2) is 0 Å². The SMILES string of the molecule is Clc1cc(-c2cn[n]([Tl])c2)nc2ccccc12. The fourth-order valence-electron chi connectivity index (χ4n) is 1.75. The predicted molar refractivity (Wildman–Crippen MR) is 69.1 cm³/mol. The molecule has 3 rings (SSSR count). The van der Waals surface area contributed by atoms with Crippen molar-refractivity contribution >= 4 is 48.6 Å². The van der Waals surface area contributed by atoms with Gasteiger partial charge >= 0.3 is 120 Å². The first kappa shape index (κ1) is 11.2. The van der Waals surface area contributed by atoms with Gasteiger partial charge in [0.2, 0.25) is 0 Å². The molecule has 0 atom stereocenters. The van der Waals surface area contributed by atoms with E-state index in [4.69, 9.17) is 11.6 Å². The average molecular weight is 433 g/mol. The van der Waals surface area contributed by atoms with Gasteiger partial charge in [-0.1, -0.05) is 0 Å². The van der Waals surface area contributed by atoms with Gasteiger partial charge in [-0.25, -0.2) is 0 Å². The van der Waals surface area contributed by atoms with Crippen molar-refractivity contribution in [2.24, 2.45) is 0 Å². The van der Waals surface area contributed by atoms with Gasteiger partial charge in [-0.3, -0.25) is 0 Å². The van der Waals surface area contributed by atoms with Gasteiger partial charge in [-0.15, -0.1) is 0 Å². The third-order valence-electron chi connectivity index (χ3n) is 2.56. The molecule has 0 N–H and O–H groups in total. The average Bonchev–Trinajstić information content (AvgIpc) is 2.76. The van der Waals surface area contributed by atoms with Crippen molar-refractivity contribution in [3.63, 3.8) is 0 Å². The van der Waals surface area contributed by atoms with Crippen LogP contribution in [0.15, 0.2) is 42.7 Å². The van der Waals surface area contributed by atoms with Crippen molar-refractivity contribution in [2.45, 2.75) is 0 Å². The molecule has 3 nitrogen and oxygen atoms in total. The van der Waals surface area contributed by atoms with Crippen LogP contribution in [0.5, 0.6) is 0 Å². The second-order valence-corrected chi connectivity index (χ2v) is 6.18. The number of rotatable bonds is 1. The number of nitrogens with zero attached hydrogens (tertiary/aromatic N) is 3. The standard InChI is InChI=1S/C12H7ClN3.Tl/c13-10-5-12(8-6-14-15-7-8)16-11-4-2-1-3-9(10)11;/h1-7H;/q-1;+1. The fraction of sp³-hybridized carbons (Fsp3) is 0. The number of halogens is 1. The summed E-state index contributed by atoms with van der Waals surface area (Å²) in [5.41, 5.74) is 2.80. The first-order valence-electron chi connectivity index (χ1n) is 5.09. The van der Waals surface area contributed by atoms with Gasteiger partial charge in [0.05, 0.1) is 0 Å². The number of aromatic nitrogens is 3. The first-order chi connectivity index (χ1) is 8.24. The Morgan fingerprint density at radius 2 is 2.06 bits per heavy atom. The number of pyridine rings is 1. The van der Waals surface area contributed by atoms with E-state index in [0.717, 1.165) is 27.2 Å². The van der Waals surface area contributed by atoms with E-state index in [1.165, 1.54) is 0 Å². The molecule has 0 amide bonds. The van der Waals surface area contributed by atoms with Crippen molar-refractivity contribution in [3.8, 4) is 11.3 Å². The van der Waals surface area contributed by atoms with Crippen molar-refractivity contribution in [1.82, 2.24) is 12.6 Å². The molecule has 0 saturated heterocycles. The molecule has 2 heterocycles. The summed E-state index contributed by atoms with van der Waals surface area (Å²) in [6.45, 7) is 0. The van der Waals surface area contributed by atoms with E-state index in [1.807, 2.05) is 45.2 Å². The summed E-state index contributed by atoms with van der Waals surface area (Å²) in [5, 5.41) is 5.93. The molecule has 5 heteroatoms. The van der Waals surface area contributed by atoms with Crippen LogP contribution in [0.4, 0.5) is 0 Å². The summed E-state index contributed by atoms with van der Waals surface area (Å²) >= 11 is 6.93. The Kier molecular flexibility index (Phi) is 2.87.